The monoisotopic (exact) mass is 416 g/mol. The number of carbonyl (C=O) groups is 1. The van der Waals surface area contributed by atoms with Gasteiger partial charge in [-0.25, -0.2) is 4.79 Å². The van der Waals surface area contributed by atoms with E-state index in [0.29, 0.717) is 24.7 Å². The molecule has 0 aliphatic heterocycles. The summed E-state index contributed by atoms with van der Waals surface area (Å²) in [6.07, 6.45) is 3.14. The van der Waals surface area contributed by atoms with Gasteiger partial charge >= 0.3 is 5.97 Å². The zero-order chi connectivity index (χ0) is 22.1. The van der Waals surface area contributed by atoms with Crippen molar-refractivity contribution in [3.05, 3.63) is 102 Å². The molecule has 0 saturated carbocycles. The van der Waals surface area contributed by atoms with Crippen LogP contribution in [0.15, 0.2) is 84.9 Å². The van der Waals surface area contributed by atoms with E-state index >= 15 is 0 Å². The van der Waals surface area contributed by atoms with Crippen molar-refractivity contribution in [2.45, 2.75) is 39.6 Å². The van der Waals surface area contributed by atoms with Gasteiger partial charge in [-0.15, -0.1) is 0 Å². The molecule has 0 N–H and O–H groups in total. The molecule has 4 heteroatoms. The molecule has 0 saturated heterocycles. The van der Waals surface area contributed by atoms with Crippen LogP contribution in [0.25, 0.3) is 6.08 Å². The maximum atomic E-state index is 12.0. The molecule has 3 aromatic carbocycles. The zero-order valence-electron chi connectivity index (χ0n) is 18.2. The summed E-state index contributed by atoms with van der Waals surface area (Å²) in [5.74, 6) is 0.879. The molecular weight excluding hydrogens is 388 g/mol. The number of rotatable bonds is 8. The molecule has 0 spiro atoms. The average Bonchev–Trinajstić information content (AvgIpc) is 2.75. The van der Waals surface area contributed by atoms with Gasteiger partial charge in [-0.2, -0.15) is 0 Å². The fraction of sp³-hybridized carbons (Fsp3) is 0.222. The molecule has 0 heterocycles. The van der Waals surface area contributed by atoms with Gasteiger partial charge in [-0.05, 0) is 55.7 Å². The lowest BCUT2D eigenvalue weighted by Gasteiger charge is -2.18. The van der Waals surface area contributed by atoms with Gasteiger partial charge < -0.3 is 14.2 Å². The highest BCUT2D eigenvalue weighted by molar-refractivity contribution is 5.87. The molecular formula is C27H28O4. The maximum absolute atomic E-state index is 12.0. The van der Waals surface area contributed by atoms with Gasteiger partial charge in [0.25, 0.3) is 0 Å². The molecule has 3 rings (SSSR count). The predicted molar refractivity (Wildman–Crippen MR) is 123 cm³/mol. The second-order valence-corrected chi connectivity index (χ2v) is 8.12. The lowest BCUT2D eigenvalue weighted by atomic mass is 10.1. The van der Waals surface area contributed by atoms with Crippen LogP contribution in [0.5, 0.6) is 11.5 Å². The van der Waals surface area contributed by atoms with Gasteiger partial charge in [-0.3, -0.25) is 0 Å². The van der Waals surface area contributed by atoms with E-state index in [1.807, 2.05) is 99.6 Å². The highest BCUT2D eigenvalue weighted by atomic mass is 16.6. The maximum Gasteiger partial charge on any atom is 0.331 e. The van der Waals surface area contributed by atoms with Crippen LogP contribution in [-0.2, 0) is 22.7 Å². The second kappa shape index (κ2) is 10.5. The third-order valence-corrected chi connectivity index (χ3v) is 4.26. The van der Waals surface area contributed by atoms with Crippen molar-refractivity contribution in [1.82, 2.24) is 0 Å². The molecule has 3 aromatic rings. The molecule has 160 valence electrons. The largest absolute Gasteiger partial charge is 0.485 e. The van der Waals surface area contributed by atoms with Crippen molar-refractivity contribution in [2.24, 2.45) is 0 Å². The Balaban J connectivity index is 1.76. The van der Waals surface area contributed by atoms with Gasteiger partial charge in [0, 0.05) is 6.08 Å². The first kappa shape index (κ1) is 22.2. The number of hydrogen-bond acceptors (Lipinski definition) is 4. The fourth-order valence-electron chi connectivity index (χ4n) is 2.83. The third-order valence-electron chi connectivity index (χ3n) is 4.26. The Hall–Kier alpha value is -3.53. The Morgan fingerprint density at radius 3 is 1.87 bits per heavy atom. The SMILES string of the molecule is CC(C)(C)OC(=O)/C=C/c1ccc(OCc2ccccc2)c(OCc2ccccc2)c1. The van der Waals surface area contributed by atoms with Gasteiger partial charge in [-0.1, -0.05) is 66.7 Å². The Morgan fingerprint density at radius 1 is 0.774 bits per heavy atom. The van der Waals surface area contributed by atoms with E-state index in [-0.39, 0.29) is 5.97 Å². The van der Waals surface area contributed by atoms with Gasteiger partial charge in [0.2, 0.25) is 0 Å². The van der Waals surface area contributed by atoms with Crippen molar-refractivity contribution in [3.63, 3.8) is 0 Å². The fourth-order valence-corrected chi connectivity index (χ4v) is 2.83. The first-order valence-corrected chi connectivity index (χ1v) is 10.3. The van der Waals surface area contributed by atoms with E-state index in [1.165, 1.54) is 6.08 Å². The number of esters is 1. The molecule has 31 heavy (non-hydrogen) atoms. The van der Waals surface area contributed by atoms with Crippen LogP contribution in [0.1, 0.15) is 37.5 Å². The third kappa shape index (κ3) is 7.67. The Kier molecular flexibility index (Phi) is 7.50. The lowest BCUT2D eigenvalue weighted by Crippen LogP contribution is -2.22. The van der Waals surface area contributed by atoms with Crippen LogP contribution in [0.3, 0.4) is 0 Å². The lowest BCUT2D eigenvalue weighted by molar-refractivity contribution is -0.148. The molecule has 0 aliphatic rings. The Morgan fingerprint density at radius 2 is 1.32 bits per heavy atom. The standard InChI is InChI=1S/C27H28O4/c1-27(2,3)31-26(28)17-15-21-14-16-24(29-19-22-10-6-4-7-11-22)25(18-21)30-20-23-12-8-5-9-13-23/h4-18H,19-20H2,1-3H3/b17-15+. The molecule has 0 bridgehead atoms. The number of hydrogen-bond donors (Lipinski definition) is 0. The van der Waals surface area contributed by atoms with Crippen molar-refractivity contribution < 1.29 is 19.0 Å². The summed E-state index contributed by atoms with van der Waals surface area (Å²) in [5, 5.41) is 0. The van der Waals surface area contributed by atoms with Crippen LogP contribution in [0.4, 0.5) is 0 Å². The quantitative estimate of drug-likeness (QED) is 0.324. The van der Waals surface area contributed by atoms with Crippen LogP contribution in [0.2, 0.25) is 0 Å². The van der Waals surface area contributed by atoms with E-state index in [2.05, 4.69) is 0 Å². The summed E-state index contributed by atoms with van der Waals surface area (Å²) < 4.78 is 17.4. The summed E-state index contributed by atoms with van der Waals surface area (Å²) in [7, 11) is 0. The summed E-state index contributed by atoms with van der Waals surface area (Å²) >= 11 is 0. The van der Waals surface area contributed by atoms with E-state index in [9.17, 15) is 4.79 Å². The minimum Gasteiger partial charge on any atom is -0.485 e. The molecule has 0 amide bonds. The highest BCUT2D eigenvalue weighted by Crippen LogP contribution is 2.30. The van der Waals surface area contributed by atoms with Gasteiger partial charge in [0.1, 0.15) is 18.8 Å². The first-order valence-electron chi connectivity index (χ1n) is 10.3. The van der Waals surface area contributed by atoms with Crippen LogP contribution in [-0.4, -0.2) is 11.6 Å². The van der Waals surface area contributed by atoms with Crippen molar-refractivity contribution in [3.8, 4) is 11.5 Å². The number of ether oxygens (including phenoxy) is 3. The molecule has 0 aromatic heterocycles. The summed E-state index contributed by atoms with van der Waals surface area (Å²) in [6.45, 7) is 6.38. The highest BCUT2D eigenvalue weighted by Gasteiger charge is 2.14. The number of benzene rings is 3. The normalized spacial score (nSPS) is 11.3. The van der Waals surface area contributed by atoms with E-state index < -0.39 is 5.60 Å². The molecule has 0 aliphatic carbocycles. The van der Waals surface area contributed by atoms with Gasteiger partial charge in [0.15, 0.2) is 11.5 Å². The van der Waals surface area contributed by atoms with Crippen molar-refractivity contribution in [1.29, 1.82) is 0 Å². The average molecular weight is 417 g/mol. The minimum atomic E-state index is -0.527. The van der Waals surface area contributed by atoms with Crippen molar-refractivity contribution in [2.75, 3.05) is 0 Å². The topological polar surface area (TPSA) is 44.8 Å². The van der Waals surface area contributed by atoms with Crippen LogP contribution >= 0.6 is 0 Å². The van der Waals surface area contributed by atoms with E-state index in [1.54, 1.807) is 6.08 Å². The Labute approximate surface area is 184 Å². The molecule has 0 radical (unpaired) electrons. The predicted octanol–water partition coefficient (Wildman–Crippen LogP) is 6.20. The molecule has 0 unspecified atom stereocenters. The molecule has 0 atom stereocenters. The number of carbonyl (C=O) groups excluding carboxylic acids is 1. The zero-order valence-corrected chi connectivity index (χ0v) is 18.2. The Bertz CT molecular complexity index is 1000. The molecule has 0 fully saturated rings. The van der Waals surface area contributed by atoms with Crippen LogP contribution in [0, 0.1) is 0 Å². The van der Waals surface area contributed by atoms with Crippen molar-refractivity contribution >= 4 is 12.0 Å². The van der Waals surface area contributed by atoms with Gasteiger partial charge in [0.05, 0.1) is 0 Å². The summed E-state index contributed by atoms with van der Waals surface area (Å²) in [5.41, 5.74) is 2.43. The van der Waals surface area contributed by atoms with Crippen LogP contribution < -0.4 is 9.47 Å². The summed E-state index contributed by atoms with van der Waals surface area (Å²) in [4.78, 5) is 12.0. The van der Waals surface area contributed by atoms with E-state index in [4.69, 9.17) is 14.2 Å². The smallest absolute Gasteiger partial charge is 0.331 e. The second-order valence-electron chi connectivity index (χ2n) is 8.12. The minimum absolute atomic E-state index is 0.386. The summed E-state index contributed by atoms with van der Waals surface area (Å²) in [6, 6.07) is 25.5. The first-order chi connectivity index (χ1) is 14.9. The van der Waals surface area contributed by atoms with E-state index in [0.717, 1.165) is 16.7 Å². The molecule has 4 nitrogen and oxygen atoms in total.